The first-order valence-electron chi connectivity index (χ1n) is 8.37. The Kier molecular flexibility index (Phi) is 3.99. The lowest BCUT2D eigenvalue weighted by Gasteiger charge is -2.40. The van der Waals surface area contributed by atoms with Gasteiger partial charge in [-0.25, -0.2) is 9.37 Å². The molecule has 1 atom stereocenters. The Labute approximate surface area is 149 Å². The van der Waals surface area contributed by atoms with Crippen molar-refractivity contribution in [1.82, 2.24) is 9.88 Å². The molecule has 0 N–H and O–H groups in total. The van der Waals surface area contributed by atoms with Crippen LogP contribution < -0.4 is 4.90 Å². The van der Waals surface area contributed by atoms with Gasteiger partial charge >= 0.3 is 0 Å². The van der Waals surface area contributed by atoms with E-state index in [-0.39, 0.29) is 30.7 Å². The molecule has 2 fully saturated rings. The molecule has 0 bridgehead atoms. The van der Waals surface area contributed by atoms with E-state index < -0.39 is 11.4 Å². The monoisotopic (exact) mass is 359 g/mol. The fourth-order valence-corrected chi connectivity index (χ4v) is 3.52. The molecule has 7 nitrogen and oxygen atoms in total. The summed E-state index contributed by atoms with van der Waals surface area (Å²) in [5.74, 6) is -0.373. The molecule has 8 heteroatoms. The van der Waals surface area contributed by atoms with E-state index >= 15 is 0 Å². The van der Waals surface area contributed by atoms with E-state index in [0.29, 0.717) is 31.0 Å². The predicted molar refractivity (Wildman–Crippen MR) is 89.2 cm³/mol. The van der Waals surface area contributed by atoms with Crippen molar-refractivity contribution >= 4 is 17.5 Å². The van der Waals surface area contributed by atoms with Gasteiger partial charge < -0.3 is 19.0 Å². The van der Waals surface area contributed by atoms with Gasteiger partial charge in [0.05, 0.1) is 13.1 Å². The lowest BCUT2D eigenvalue weighted by atomic mass is 10.00. The molecule has 26 heavy (non-hydrogen) atoms. The number of nitrogens with zero attached hydrogens (tertiary/aromatic N) is 3. The second-order valence-electron chi connectivity index (χ2n) is 6.67. The molecule has 2 aromatic rings. The molecule has 1 aromatic heterocycles. The molecule has 0 saturated carbocycles. The molecule has 0 aliphatic carbocycles. The lowest BCUT2D eigenvalue weighted by Crippen LogP contribution is -2.56. The Morgan fingerprint density at radius 3 is 2.92 bits per heavy atom. The number of hydrogen-bond donors (Lipinski definition) is 0. The van der Waals surface area contributed by atoms with Crippen molar-refractivity contribution in [3.8, 4) is 0 Å². The van der Waals surface area contributed by atoms with Crippen molar-refractivity contribution in [3.05, 3.63) is 47.9 Å². The zero-order valence-electron chi connectivity index (χ0n) is 14.3. The van der Waals surface area contributed by atoms with Gasteiger partial charge in [-0.2, -0.15) is 0 Å². The maximum absolute atomic E-state index is 13.5. The van der Waals surface area contributed by atoms with Crippen LogP contribution in [0.2, 0.25) is 0 Å². The zero-order chi connectivity index (χ0) is 18.3. The summed E-state index contributed by atoms with van der Waals surface area (Å²) >= 11 is 0. The highest BCUT2D eigenvalue weighted by molar-refractivity contribution is 5.96. The van der Waals surface area contributed by atoms with E-state index in [1.807, 2.05) is 0 Å². The first-order valence-corrected chi connectivity index (χ1v) is 8.37. The van der Waals surface area contributed by atoms with E-state index in [1.165, 1.54) is 23.4 Å². The molecule has 0 radical (unpaired) electrons. The molecule has 3 heterocycles. The molecule has 4 rings (SSSR count). The van der Waals surface area contributed by atoms with E-state index in [1.54, 1.807) is 24.0 Å². The summed E-state index contributed by atoms with van der Waals surface area (Å²) in [5, 5.41) is 0. The number of aromatic nitrogens is 1. The number of ether oxygens (including phenoxy) is 1. The van der Waals surface area contributed by atoms with Crippen LogP contribution in [0.3, 0.4) is 0 Å². The minimum Gasteiger partial charge on any atom is -0.448 e. The van der Waals surface area contributed by atoms with Gasteiger partial charge in [0.1, 0.15) is 23.8 Å². The first kappa shape index (κ1) is 16.7. The largest absolute Gasteiger partial charge is 0.448 e. The van der Waals surface area contributed by atoms with Gasteiger partial charge in [-0.05, 0) is 31.5 Å². The SMILES string of the molecule is Cc1ocnc1C(=O)N1CCC2(C1)CN(c1cccc(F)c1)C(=O)CO2. The average Bonchev–Trinajstić information content (AvgIpc) is 3.24. The van der Waals surface area contributed by atoms with Crippen LogP contribution in [0.5, 0.6) is 0 Å². The Bertz CT molecular complexity index is 868. The van der Waals surface area contributed by atoms with Crippen molar-refractivity contribution in [2.45, 2.75) is 18.9 Å². The third kappa shape index (κ3) is 2.86. The fourth-order valence-electron chi connectivity index (χ4n) is 3.52. The fraction of sp³-hybridized carbons (Fsp3) is 0.389. The van der Waals surface area contributed by atoms with Gasteiger partial charge in [0, 0.05) is 12.2 Å². The highest BCUT2D eigenvalue weighted by atomic mass is 19.1. The maximum atomic E-state index is 13.5. The summed E-state index contributed by atoms with van der Waals surface area (Å²) in [6, 6.07) is 5.92. The Hall–Kier alpha value is -2.74. The van der Waals surface area contributed by atoms with E-state index in [2.05, 4.69) is 4.98 Å². The van der Waals surface area contributed by atoms with Gasteiger partial charge in [-0.3, -0.25) is 9.59 Å². The molecule has 1 aromatic carbocycles. The standard InChI is InChI=1S/C18H18FN3O4/c1-12-16(20-11-25-12)17(24)21-6-5-18(9-21)10-22(15(23)8-26-18)14-4-2-3-13(19)7-14/h2-4,7,11H,5-6,8-10H2,1H3. The highest BCUT2D eigenvalue weighted by Gasteiger charge is 2.47. The summed E-state index contributed by atoms with van der Waals surface area (Å²) in [6.45, 7) is 2.71. The molecule has 2 aliphatic rings. The topological polar surface area (TPSA) is 75.9 Å². The van der Waals surface area contributed by atoms with Crippen LogP contribution in [-0.2, 0) is 9.53 Å². The smallest absolute Gasteiger partial charge is 0.276 e. The number of aryl methyl sites for hydroxylation is 1. The molecular formula is C18H18FN3O4. The molecule has 2 aliphatic heterocycles. The van der Waals surface area contributed by atoms with Gasteiger partial charge in [0.2, 0.25) is 0 Å². The molecule has 2 saturated heterocycles. The van der Waals surface area contributed by atoms with Crippen LogP contribution in [-0.4, -0.2) is 53.5 Å². The van der Waals surface area contributed by atoms with E-state index in [4.69, 9.17) is 9.15 Å². The van der Waals surface area contributed by atoms with Crippen molar-refractivity contribution in [3.63, 3.8) is 0 Å². The van der Waals surface area contributed by atoms with Gasteiger partial charge in [0.25, 0.3) is 11.8 Å². The number of halogens is 1. The van der Waals surface area contributed by atoms with Gasteiger partial charge in [0.15, 0.2) is 12.1 Å². The highest BCUT2D eigenvalue weighted by Crippen LogP contribution is 2.33. The molecule has 1 unspecified atom stereocenters. The molecular weight excluding hydrogens is 341 g/mol. The second kappa shape index (κ2) is 6.21. The summed E-state index contributed by atoms with van der Waals surface area (Å²) in [7, 11) is 0. The summed E-state index contributed by atoms with van der Waals surface area (Å²) in [6.07, 6.45) is 1.84. The van der Waals surface area contributed by atoms with Gasteiger partial charge in [-0.15, -0.1) is 0 Å². The number of rotatable bonds is 2. The Morgan fingerprint density at radius 1 is 1.35 bits per heavy atom. The van der Waals surface area contributed by atoms with Crippen LogP contribution in [0.25, 0.3) is 0 Å². The normalized spacial score (nSPS) is 23.1. The van der Waals surface area contributed by atoms with Crippen molar-refractivity contribution in [1.29, 1.82) is 0 Å². The minimum atomic E-state index is -0.659. The summed E-state index contributed by atoms with van der Waals surface area (Å²) in [5.41, 5.74) is 0.124. The maximum Gasteiger partial charge on any atom is 0.276 e. The van der Waals surface area contributed by atoms with Crippen LogP contribution in [0.4, 0.5) is 10.1 Å². The van der Waals surface area contributed by atoms with E-state index in [9.17, 15) is 14.0 Å². The number of anilines is 1. The number of morpholine rings is 1. The third-order valence-electron chi connectivity index (χ3n) is 4.92. The van der Waals surface area contributed by atoms with Crippen LogP contribution in [0.1, 0.15) is 22.7 Å². The Morgan fingerprint density at radius 2 is 2.19 bits per heavy atom. The van der Waals surface area contributed by atoms with Crippen LogP contribution in [0, 0.1) is 12.7 Å². The first-order chi connectivity index (χ1) is 12.5. The van der Waals surface area contributed by atoms with Gasteiger partial charge in [-0.1, -0.05) is 6.07 Å². The third-order valence-corrected chi connectivity index (χ3v) is 4.92. The number of likely N-dealkylation sites (tertiary alicyclic amines) is 1. The lowest BCUT2D eigenvalue weighted by molar-refractivity contribution is -0.137. The predicted octanol–water partition coefficient (Wildman–Crippen LogP) is 1.77. The molecule has 1 spiro atoms. The number of hydrogen-bond acceptors (Lipinski definition) is 5. The second-order valence-corrected chi connectivity index (χ2v) is 6.67. The van der Waals surface area contributed by atoms with Crippen molar-refractivity contribution in [2.24, 2.45) is 0 Å². The van der Waals surface area contributed by atoms with Crippen molar-refractivity contribution < 1.29 is 23.1 Å². The number of carbonyl (C=O) groups is 2. The quantitative estimate of drug-likeness (QED) is 0.817. The molecule has 136 valence electrons. The Balaban J connectivity index is 1.53. The average molecular weight is 359 g/mol. The number of carbonyl (C=O) groups excluding carboxylic acids is 2. The minimum absolute atomic E-state index is 0.0957. The van der Waals surface area contributed by atoms with Crippen LogP contribution >= 0.6 is 0 Å². The summed E-state index contributed by atoms with van der Waals surface area (Å²) in [4.78, 5) is 32.1. The van der Waals surface area contributed by atoms with Crippen LogP contribution in [0.15, 0.2) is 35.1 Å². The van der Waals surface area contributed by atoms with Crippen molar-refractivity contribution in [2.75, 3.05) is 31.1 Å². The number of amides is 2. The molecule has 2 amide bonds. The van der Waals surface area contributed by atoms with E-state index in [0.717, 1.165) is 0 Å². The number of oxazole rings is 1. The number of benzene rings is 1. The zero-order valence-corrected chi connectivity index (χ0v) is 14.3. The summed E-state index contributed by atoms with van der Waals surface area (Å²) < 4.78 is 24.5.